The molecule has 5 heterocycles. The zero-order valence-corrected chi connectivity index (χ0v) is 22.2. The smallest absolute Gasteiger partial charge is 0.222 e. The molecule has 198 valence electrons. The minimum Gasteiger partial charge on any atom is -0.372 e. The number of pyridine rings is 2. The predicted molar refractivity (Wildman–Crippen MR) is 143 cm³/mol. The SMILES string of the molecule is CC(=O)Nc1cc(Nc2nc(S(C)(=O)=O)cn3ccnc23)c(-c2ccc(N3CC(C)OC(C)C3)cn2)cn1. The van der Waals surface area contributed by atoms with Crippen LogP contribution in [-0.4, -0.2) is 70.2 Å². The highest BCUT2D eigenvalue weighted by Crippen LogP contribution is 2.32. The Labute approximate surface area is 220 Å². The van der Waals surface area contributed by atoms with E-state index in [2.05, 4.69) is 35.5 Å². The quantitative estimate of drug-likeness (QED) is 0.377. The molecule has 4 aromatic rings. The first-order chi connectivity index (χ1) is 18.1. The fraction of sp³-hybridized carbons (Fsp3) is 0.320. The minimum absolute atomic E-state index is 0.111. The number of nitrogens with zero attached hydrogens (tertiary/aromatic N) is 6. The lowest BCUT2D eigenvalue weighted by molar-refractivity contribution is -0.114. The number of amides is 1. The first-order valence-corrected chi connectivity index (χ1v) is 13.9. The molecule has 1 fully saturated rings. The Morgan fingerprint density at radius 1 is 1.11 bits per heavy atom. The van der Waals surface area contributed by atoms with Crippen LogP contribution < -0.4 is 15.5 Å². The zero-order chi connectivity index (χ0) is 27.0. The first kappa shape index (κ1) is 25.5. The van der Waals surface area contributed by atoms with E-state index in [9.17, 15) is 13.2 Å². The number of rotatable bonds is 6. The molecule has 1 aliphatic heterocycles. The fourth-order valence-corrected chi connectivity index (χ4v) is 4.99. The summed E-state index contributed by atoms with van der Waals surface area (Å²) in [5.74, 6) is 0.267. The molecule has 0 spiro atoms. The van der Waals surface area contributed by atoms with Crippen molar-refractivity contribution in [3.8, 4) is 11.3 Å². The molecule has 2 N–H and O–H groups in total. The summed E-state index contributed by atoms with van der Waals surface area (Å²) in [5.41, 5.74) is 3.19. The highest BCUT2D eigenvalue weighted by Gasteiger charge is 2.23. The number of aromatic nitrogens is 5. The number of carbonyl (C=O) groups excluding carboxylic acids is 1. The van der Waals surface area contributed by atoms with E-state index in [-0.39, 0.29) is 29.0 Å². The Hall–Kier alpha value is -4.10. The second-order valence-electron chi connectivity index (χ2n) is 9.34. The Morgan fingerprint density at radius 3 is 2.53 bits per heavy atom. The van der Waals surface area contributed by atoms with Crippen LogP contribution in [0.2, 0.25) is 0 Å². The van der Waals surface area contributed by atoms with E-state index in [1.54, 1.807) is 35.3 Å². The summed E-state index contributed by atoms with van der Waals surface area (Å²) in [5, 5.41) is 5.76. The van der Waals surface area contributed by atoms with Crippen molar-refractivity contribution < 1.29 is 17.9 Å². The number of sulfone groups is 1. The van der Waals surface area contributed by atoms with E-state index in [0.29, 0.717) is 28.4 Å². The molecule has 2 unspecified atom stereocenters. The summed E-state index contributed by atoms with van der Waals surface area (Å²) in [6.45, 7) is 7.03. The number of hydrogen-bond donors (Lipinski definition) is 2. The van der Waals surface area contributed by atoms with Crippen LogP contribution >= 0.6 is 0 Å². The summed E-state index contributed by atoms with van der Waals surface area (Å²) < 4.78 is 32.0. The van der Waals surface area contributed by atoms with Crippen LogP contribution in [0.4, 0.5) is 23.0 Å². The molecule has 12 nitrogen and oxygen atoms in total. The van der Waals surface area contributed by atoms with Gasteiger partial charge in [0.25, 0.3) is 0 Å². The first-order valence-electron chi connectivity index (χ1n) is 12.0. The number of nitrogens with one attached hydrogen (secondary N) is 2. The normalized spacial score (nSPS) is 17.9. The third-order valence-electron chi connectivity index (χ3n) is 6.00. The molecule has 0 radical (unpaired) electrons. The van der Waals surface area contributed by atoms with Gasteiger partial charge in [-0.15, -0.1) is 0 Å². The summed E-state index contributed by atoms with van der Waals surface area (Å²) in [6.07, 6.45) is 9.34. The molecule has 13 heteroatoms. The van der Waals surface area contributed by atoms with E-state index in [0.717, 1.165) is 25.0 Å². The van der Waals surface area contributed by atoms with Gasteiger partial charge in [-0.25, -0.2) is 23.4 Å². The van der Waals surface area contributed by atoms with Crippen LogP contribution in [0.25, 0.3) is 16.9 Å². The molecular weight excluding hydrogens is 508 g/mol. The maximum Gasteiger partial charge on any atom is 0.222 e. The van der Waals surface area contributed by atoms with Crippen molar-refractivity contribution in [2.45, 2.75) is 38.0 Å². The molecule has 0 aliphatic carbocycles. The van der Waals surface area contributed by atoms with Crippen molar-refractivity contribution in [2.24, 2.45) is 0 Å². The Morgan fingerprint density at radius 2 is 1.87 bits per heavy atom. The number of hydrogen-bond acceptors (Lipinski definition) is 10. The standard InChI is InChI=1S/C25H28N8O4S/c1-15-12-33(13-16(2)37-15)18-5-6-20(27-10-18)19-11-28-22(29-17(3)34)9-21(19)30-24-25-26-7-8-32(25)14-23(31-24)38(4,35)36/h5-11,14-16H,12-13H2,1-4H3,(H2,28,29,30,31,34). The molecule has 4 aromatic heterocycles. The van der Waals surface area contributed by atoms with Gasteiger partial charge in [0.15, 0.2) is 26.3 Å². The Balaban J connectivity index is 1.55. The maximum atomic E-state index is 12.3. The van der Waals surface area contributed by atoms with Gasteiger partial charge in [0.05, 0.1) is 35.5 Å². The van der Waals surface area contributed by atoms with Gasteiger partial charge in [-0.3, -0.25) is 9.78 Å². The Bertz CT molecular complexity index is 1590. The average Bonchev–Trinajstić information content (AvgIpc) is 3.32. The molecule has 1 saturated heterocycles. The van der Waals surface area contributed by atoms with Crippen LogP contribution in [0.15, 0.2) is 54.2 Å². The van der Waals surface area contributed by atoms with Crippen molar-refractivity contribution in [3.63, 3.8) is 0 Å². The van der Waals surface area contributed by atoms with E-state index in [1.807, 2.05) is 26.0 Å². The number of carbonyl (C=O) groups is 1. The average molecular weight is 537 g/mol. The molecule has 1 aliphatic rings. The van der Waals surface area contributed by atoms with Crippen molar-refractivity contribution in [1.82, 2.24) is 24.3 Å². The topological polar surface area (TPSA) is 144 Å². The van der Waals surface area contributed by atoms with Crippen LogP contribution in [0, 0.1) is 0 Å². The van der Waals surface area contributed by atoms with E-state index in [1.165, 1.54) is 13.1 Å². The minimum atomic E-state index is -3.59. The number of fused-ring (bicyclic) bond motifs is 1. The Kier molecular flexibility index (Phi) is 6.71. The third-order valence-corrected chi connectivity index (χ3v) is 6.96. The number of morpholine rings is 1. The van der Waals surface area contributed by atoms with Gasteiger partial charge in [0, 0.05) is 62.7 Å². The van der Waals surface area contributed by atoms with Crippen molar-refractivity contribution in [2.75, 3.05) is 34.9 Å². The van der Waals surface area contributed by atoms with Crippen molar-refractivity contribution in [3.05, 3.63) is 49.2 Å². The summed E-state index contributed by atoms with van der Waals surface area (Å²) in [6, 6.07) is 5.53. The van der Waals surface area contributed by atoms with Crippen LogP contribution in [-0.2, 0) is 19.4 Å². The zero-order valence-electron chi connectivity index (χ0n) is 21.4. The largest absolute Gasteiger partial charge is 0.372 e. The molecule has 0 saturated carbocycles. The van der Waals surface area contributed by atoms with Gasteiger partial charge in [-0.1, -0.05) is 0 Å². The highest BCUT2D eigenvalue weighted by molar-refractivity contribution is 7.90. The highest BCUT2D eigenvalue weighted by atomic mass is 32.2. The lowest BCUT2D eigenvalue weighted by Gasteiger charge is -2.36. The third kappa shape index (κ3) is 5.43. The van der Waals surface area contributed by atoms with Gasteiger partial charge in [-0.2, -0.15) is 0 Å². The lowest BCUT2D eigenvalue weighted by Crippen LogP contribution is -2.45. The lowest BCUT2D eigenvalue weighted by atomic mass is 10.1. The van der Waals surface area contributed by atoms with Gasteiger partial charge >= 0.3 is 0 Å². The van der Waals surface area contributed by atoms with Crippen molar-refractivity contribution >= 4 is 44.4 Å². The van der Waals surface area contributed by atoms with Gasteiger partial charge in [0.2, 0.25) is 5.91 Å². The second kappa shape index (κ2) is 9.99. The van der Waals surface area contributed by atoms with Crippen LogP contribution in [0.1, 0.15) is 20.8 Å². The van der Waals surface area contributed by atoms with Gasteiger partial charge in [-0.05, 0) is 26.0 Å². The molecule has 38 heavy (non-hydrogen) atoms. The van der Waals surface area contributed by atoms with E-state index in [4.69, 9.17) is 4.74 Å². The molecule has 2 atom stereocenters. The number of imidazole rings is 1. The molecule has 0 bridgehead atoms. The summed E-state index contributed by atoms with van der Waals surface area (Å²) >= 11 is 0. The summed E-state index contributed by atoms with van der Waals surface area (Å²) in [4.78, 5) is 31.6. The van der Waals surface area contributed by atoms with Crippen LogP contribution in [0.3, 0.4) is 0 Å². The molecule has 1 amide bonds. The fourth-order valence-electron chi connectivity index (χ4n) is 4.43. The molecule has 5 rings (SSSR count). The predicted octanol–water partition coefficient (Wildman–Crippen LogP) is 2.91. The van der Waals surface area contributed by atoms with Crippen LogP contribution in [0.5, 0.6) is 0 Å². The molecule has 0 aromatic carbocycles. The number of ether oxygens (including phenoxy) is 1. The van der Waals surface area contributed by atoms with E-state index < -0.39 is 9.84 Å². The summed E-state index contributed by atoms with van der Waals surface area (Å²) in [7, 11) is -3.59. The maximum absolute atomic E-state index is 12.3. The van der Waals surface area contributed by atoms with Gasteiger partial charge < -0.3 is 24.7 Å². The van der Waals surface area contributed by atoms with E-state index >= 15 is 0 Å². The van der Waals surface area contributed by atoms with Gasteiger partial charge in [0.1, 0.15) is 5.82 Å². The molecular formula is C25H28N8O4S. The monoisotopic (exact) mass is 536 g/mol. The van der Waals surface area contributed by atoms with Crippen molar-refractivity contribution in [1.29, 1.82) is 0 Å². The second-order valence-corrected chi connectivity index (χ2v) is 11.3. The number of anilines is 4.